The molecule has 2 aliphatic rings. The molecule has 0 spiro atoms. The molecular weight excluding hydrogens is 544 g/mol. The van der Waals surface area contributed by atoms with Crippen LogP contribution in [0.2, 0.25) is 0 Å². The van der Waals surface area contributed by atoms with Crippen LogP contribution in [0.3, 0.4) is 0 Å². The maximum absolute atomic E-state index is 13.4. The van der Waals surface area contributed by atoms with E-state index in [4.69, 9.17) is 4.74 Å². The molecule has 0 bridgehead atoms. The van der Waals surface area contributed by atoms with Crippen LogP contribution in [0.5, 0.6) is 0 Å². The van der Waals surface area contributed by atoms with Crippen LogP contribution in [-0.2, 0) is 35.6 Å². The lowest BCUT2D eigenvalue weighted by molar-refractivity contribution is -0.148. The average Bonchev–Trinajstić information content (AvgIpc) is 3.47. The van der Waals surface area contributed by atoms with Crippen molar-refractivity contribution >= 4 is 34.0 Å². The maximum atomic E-state index is 13.4. The van der Waals surface area contributed by atoms with Gasteiger partial charge in [0, 0.05) is 31.0 Å². The number of esters is 1. The highest BCUT2D eigenvalue weighted by molar-refractivity contribution is 7.89. The molecule has 1 unspecified atom stereocenters. The standard InChI is InChI=1S/C30H36N4O6S/c1-21-10-12-25(13-11-21)41(38,39)34-15-6-9-27(34)29(36)33-26(18-23-7-4-3-5-8-23)30(37)40-16-14-32-28(35)24-17-22(2)19-31-20-24/h3-5,7-8,10-13,19-20,22,26-27H,6,9,14-18H2,1-2H3,(H,32,35)(H,33,36)/t22?,26-,27-/m0/s1. The van der Waals surface area contributed by atoms with Gasteiger partial charge in [-0.15, -0.1) is 0 Å². The molecule has 2 aromatic rings. The summed E-state index contributed by atoms with van der Waals surface area (Å²) in [4.78, 5) is 43.1. The van der Waals surface area contributed by atoms with Crippen LogP contribution in [0, 0.1) is 12.8 Å². The number of aryl methyl sites for hydroxylation is 1. The van der Waals surface area contributed by atoms with Crippen molar-refractivity contribution < 1.29 is 27.5 Å². The number of carbonyl (C=O) groups excluding carboxylic acids is 3. The molecule has 2 aromatic carbocycles. The Bertz CT molecular complexity index is 1410. The molecule has 4 rings (SSSR count). The normalized spacial score (nSPS) is 19.7. The average molecular weight is 581 g/mol. The molecule has 1 fully saturated rings. The second-order valence-corrected chi connectivity index (χ2v) is 12.3. The zero-order valence-corrected chi connectivity index (χ0v) is 24.1. The smallest absolute Gasteiger partial charge is 0.329 e. The van der Waals surface area contributed by atoms with Gasteiger partial charge in [-0.2, -0.15) is 4.31 Å². The van der Waals surface area contributed by atoms with Crippen molar-refractivity contribution in [2.45, 2.75) is 56.5 Å². The fourth-order valence-electron chi connectivity index (χ4n) is 4.86. The summed E-state index contributed by atoms with van der Waals surface area (Å²) in [7, 11) is -3.90. The Kier molecular flexibility index (Phi) is 10.1. The molecule has 1 saturated heterocycles. The van der Waals surface area contributed by atoms with Gasteiger partial charge < -0.3 is 15.4 Å². The first-order chi connectivity index (χ1) is 19.6. The lowest BCUT2D eigenvalue weighted by atomic mass is 10.0. The molecule has 0 saturated carbocycles. The van der Waals surface area contributed by atoms with Crippen molar-refractivity contribution in [1.82, 2.24) is 14.9 Å². The number of ether oxygens (including phenoxy) is 1. The van der Waals surface area contributed by atoms with E-state index in [1.165, 1.54) is 22.6 Å². The predicted octanol–water partition coefficient (Wildman–Crippen LogP) is 2.53. The first kappa shape index (κ1) is 30.1. The Morgan fingerprint density at radius 1 is 1.10 bits per heavy atom. The minimum Gasteiger partial charge on any atom is -0.462 e. The van der Waals surface area contributed by atoms with Crippen molar-refractivity contribution in [2.24, 2.45) is 10.9 Å². The number of nitrogens with one attached hydrogen (secondary N) is 2. The second kappa shape index (κ2) is 13.7. The van der Waals surface area contributed by atoms with Crippen molar-refractivity contribution in [1.29, 1.82) is 0 Å². The van der Waals surface area contributed by atoms with E-state index in [1.54, 1.807) is 18.3 Å². The first-order valence-electron chi connectivity index (χ1n) is 13.7. The van der Waals surface area contributed by atoms with E-state index in [0.29, 0.717) is 24.8 Å². The number of hydrogen-bond acceptors (Lipinski definition) is 7. The summed E-state index contributed by atoms with van der Waals surface area (Å²) < 4.78 is 33.3. The van der Waals surface area contributed by atoms with Crippen molar-refractivity contribution in [3.63, 3.8) is 0 Å². The second-order valence-electron chi connectivity index (χ2n) is 10.4. The molecular formula is C30H36N4O6S. The molecule has 218 valence electrons. The molecule has 2 amide bonds. The minimum atomic E-state index is -3.90. The van der Waals surface area contributed by atoms with E-state index in [2.05, 4.69) is 15.6 Å². The summed E-state index contributed by atoms with van der Waals surface area (Å²) in [5.41, 5.74) is 2.29. The van der Waals surface area contributed by atoms with Crippen LogP contribution in [0.1, 0.15) is 37.3 Å². The summed E-state index contributed by atoms with van der Waals surface area (Å²) in [5, 5.41) is 5.47. The molecule has 2 heterocycles. The number of carbonyl (C=O) groups is 3. The van der Waals surface area contributed by atoms with Crippen LogP contribution in [0.25, 0.3) is 0 Å². The van der Waals surface area contributed by atoms with Crippen molar-refractivity contribution in [2.75, 3.05) is 19.7 Å². The zero-order chi connectivity index (χ0) is 29.4. The summed E-state index contributed by atoms with van der Waals surface area (Å²) >= 11 is 0. The lowest BCUT2D eigenvalue weighted by Crippen LogP contribution is -2.52. The molecule has 3 atom stereocenters. The predicted molar refractivity (Wildman–Crippen MR) is 154 cm³/mol. The molecule has 10 nitrogen and oxygen atoms in total. The van der Waals surface area contributed by atoms with Crippen LogP contribution in [-0.4, -0.2) is 68.5 Å². The van der Waals surface area contributed by atoms with Crippen molar-refractivity contribution in [3.05, 3.63) is 77.5 Å². The van der Waals surface area contributed by atoms with Gasteiger partial charge in [0.25, 0.3) is 0 Å². The number of nitrogens with zero attached hydrogens (tertiary/aromatic N) is 2. The molecule has 0 radical (unpaired) electrons. The van der Waals surface area contributed by atoms with Crippen LogP contribution < -0.4 is 10.6 Å². The monoisotopic (exact) mass is 580 g/mol. The topological polar surface area (TPSA) is 134 Å². The molecule has 0 aromatic heterocycles. The third-order valence-electron chi connectivity index (χ3n) is 7.05. The van der Waals surface area contributed by atoms with E-state index in [0.717, 1.165) is 11.1 Å². The Balaban J connectivity index is 1.39. The van der Waals surface area contributed by atoms with E-state index in [-0.39, 0.29) is 42.8 Å². The number of benzene rings is 2. The van der Waals surface area contributed by atoms with Gasteiger partial charge in [-0.3, -0.25) is 14.6 Å². The van der Waals surface area contributed by atoms with Gasteiger partial charge in [-0.05, 0) is 49.8 Å². The van der Waals surface area contributed by atoms with E-state index >= 15 is 0 Å². The Morgan fingerprint density at radius 2 is 1.83 bits per heavy atom. The Morgan fingerprint density at radius 3 is 2.54 bits per heavy atom. The fraction of sp³-hybridized carbons (Fsp3) is 0.400. The van der Waals surface area contributed by atoms with Crippen LogP contribution >= 0.6 is 0 Å². The van der Waals surface area contributed by atoms with Gasteiger partial charge in [0.15, 0.2) is 0 Å². The van der Waals surface area contributed by atoms with Gasteiger partial charge in [0.2, 0.25) is 21.8 Å². The van der Waals surface area contributed by atoms with Gasteiger partial charge in [-0.25, -0.2) is 13.2 Å². The number of aliphatic imine (C=N–C) groups is 1. The quantitative estimate of drug-likeness (QED) is 0.310. The summed E-state index contributed by atoms with van der Waals surface area (Å²) in [6.07, 6.45) is 4.92. The Hall–Kier alpha value is -3.83. The largest absolute Gasteiger partial charge is 0.462 e. The highest BCUT2D eigenvalue weighted by atomic mass is 32.2. The Labute approximate surface area is 240 Å². The number of amides is 2. The molecule has 2 N–H and O–H groups in total. The van der Waals surface area contributed by atoms with Crippen LogP contribution in [0.15, 0.2) is 76.3 Å². The maximum Gasteiger partial charge on any atom is 0.329 e. The third kappa shape index (κ3) is 7.89. The highest BCUT2D eigenvalue weighted by Gasteiger charge is 2.40. The highest BCUT2D eigenvalue weighted by Crippen LogP contribution is 2.26. The van der Waals surface area contributed by atoms with Crippen LogP contribution in [0.4, 0.5) is 0 Å². The zero-order valence-electron chi connectivity index (χ0n) is 23.3. The van der Waals surface area contributed by atoms with Gasteiger partial charge >= 0.3 is 5.97 Å². The summed E-state index contributed by atoms with van der Waals surface area (Å²) in [6.45, 7) is 4.05. The van der Waals surface area contributed by atoms with E-state index < -0.39 is 34.0 Å². The summed E-state index contributed by atoms with van der Waals surface area (Å²) in [5.74, 6) is -1.32. The van der Waals surface area contributed by atoms with Gasteiger partial charge in [0.1, 0.15) is 18.7 Å². The molecule has 2 aliphatic heterocycles. The van der Waals surface area contributed by atoms with E-state index in [9.17, 15) is 22.8 Å². The molecule has 0 aliphatic carbocycles. The third-order valence-corrected chi connectivity index (χ3v) is 8.98. The molecule has 11 heteroatoms. The number of rotatable bonds is 11. The number of sulfonamides is 1. The fourth-order valence-corrected chi connectivity index (χ4v) is 6.52. The van der Waals surface area contributed by atoms with Crippen molar-refractivity contribution in [3.8, 4) is 0 Å². The number of hydrogen-bond donors (Lipinski definition) is 2. The summed E-state index contributed by atoms with van der Waals surface area (Å²) in [6, 6.07) is 13.7. The van der Waals surface area contributed by atoms with Gasteiger partial charge in [-0.1, -0.05) is 55.0 Å². The van der Waals surface area contributed by atoms with E-state index in [1.807, 2.05) is 44.2 Å². The first-order valence-corrected chi connectivity index (χ1v) is 15.2. The minimum absolute atomic E-state index is 0.0881. The van der Waals surface area contributed by atoms with Gasteiger partial charge in [0.05, 0.1) is 11.4 Å². The SMILES string of the molecule is Cc1ccc(S(=O)(=O)N2CCC[C@H]2C(=O)N[C@@H](Cc2ccccc2)C(=O)OCCNC(=O)C2=CN=CC(C)C2)cc1. The molecule has 41 heavy (non-hydrogen) atoms. The lowest BCUT2D eigenvalue weighted by Gasteiger charge is -2.26.